The van der Waals surface area contributed by atoms with Crippen LogP contribution >= 0.6 is 0 Å². The molecule has 0 aliphatic carbocycles. The van der Waals surface area contributed by atoms with E-state index in [1.54, 1.807) is 55.6 Å². The second-order valence-electron chi connectivity index (χ2n) is 6.01. The molecule has 0 aromatic heterocycles. The second-order valence-corrected chi connectivity index (χ2v) is 7.54. The van der Waals surface area contributed by atoms with Gasteiger partial charge >= 0.3 is 0 Å². The topological polar surface area (TPSA) is 121 Å². The van der Waals surface area contributed by atoms with Gasteiger partial charge in [-0.1, -0.05) is 0 Å². The lowest BCUT2D eigenvalue weighted by atomic mass is 10.2. The molecule has 0 fully saturated rings. The standard InChI is InChI=1S/C21H18N2O6S/c1-26-15-3-7-17(8-4-15)28-19-12-20(21(30(23,24)25)11-14(19)13-22)29-18-9-5-16(27-2)6-10-18/h3-12H,1-2H3,(H2,23,24,25). The maximum atomic E-state index is 12.1. The fourth-order valence-electron chi connectivity index (χ4n) is 2.56. The first-order valence-electron chi connectivity index (χ1n) is 8.59. The van der Waals surface area contributed by atoms with E-state index in [-0.39, 0.29) is 22.0 Å². The van der Waals surface area contributed by atoms with E-state index in [1.165, 1.54) is 13.2 Å². The number of nitrogens with two attached hydrogens (primary N) is 1. The Hall–Kier alpha value is -3.74. The molecule has 0 unspecified atom stereocenters. The number of hydrogen-bond donors (Lipinski definition) is 1. The fraction of sp³-hybridized carbons (Fsp3) is 0.0952. The number of benzene rings is 3. The van der Waals surface area contributed by atoms with Crippen molar-refractivity contribution in [3.05, 3.63) is 66.2 Å². The third-order valence-electron chi connectivity index (χ3n) is 4.05. The summed E-state index contributed by atoms with van der Waals surface area (Å²) in [5.74, 6) is 2.05. The maximum absolute atomic E-state index is 12.1. The Morgan fingerprint density at radius 2 is 1.20 bits per heavy atom. The Balaban J connectivity index is 2.03. The van der Waals surface area contributed by atoms with Gasteiger partial charge in [0.25, 0.3) is 0 Å². The molecule has 0 saturated heterocycles. The molecule has 8 nitrogen and oxygen atoms in total. The van der Waals surface area contributed by atoms with Gasteiger partial charge in [0.15, 0.2) is 5.75 Å². The summed E-state index contributed by atoms with van der Waals surface area (Å²) in [6.45, 7) is 0. The molecule has 0 saturated carbocycles. The van der Waals surface area contributed by atoms with E-state index in [4.69, 9.17) is 24.1 Å². The Morgan fingerprint density at radius 3 is 1.60 bits per heavy atom. The van der Waals surface area contributed by atoms with E-state index in [2.05, 4.69) is 0 Å². The molecule has 154 valence electrons. The summed E-state index contributed by atoms with van der Waals surface area (Å²) < 4.78 is 45.8. The Labute approximate surface area is 174 Å². The van der Waals surface area contributed by atoms with E-state index in [0.29, 0.717) is 23.0 Å². The van der Waals surface area contributed by atoms with Crippen molar-refractivity contribution in [3.63, 3.8) is 0 Å². The van der Waals surface area contributed by atoms with Gasteiger partial charge in [-0.15, -0.1) is 0 Å². The highest BCUT2D eigenvalue weighted by molar-refractivity contribution is 7.89. The monoisotopic (exact) mass is 426 g/mol. The summed E-state index contributed by atoms with van der Waals surface area (Å²) in [4.78, 5) is -0.336. The van der Waals surface area contributed by atoms with Crippen molar-refractivity contribution in [3.8, 4) is 40.6 Å². The molecule has 3 rings (SSSR count). The first-order valence-corrected chi connectivity index (χ1v) is 10.1. The van der Waals surface area contributed by atoms with Crippen molar-refractivity contribution in [2.45, 2.75) is 4.90 Å². The van der Waals surface area contributed by atoms with Gasteiger partial charge in [-0.2, -0.15) is 5.26 Å². The number of sulfonamides is 1. The van der Waals surface area contributed by atoms with Crippen LogP contribution in [0.2, 0.25) is 0 Å². The third kappa shape index (κ3) is 4.81. The SMILES string of the molecule is COc1ccc(Oc2cc(Oc3ccc(OC)cc3)c(S(N)(=O)=O)cc2C#N)cc1. The van der Waals surface area contributed by atoms with Crippen LogP contribution in [0.1, 0.15) is 5.56 Å². The number of rotatable bonds is 7. The number of nitriles is 1. The summed E-state index contributed by atoms with van der Waals surface area (Å²) in [6, 6.07) is 17.5. The average molecular weight is 426 g/mol. The van der Waals surface area contributed by atoms with Crippen LogP contribution in [-0.4, -0.2) is 22.6 Å². The van der Waals surface area contributed by atoms with Gasteiger partial charge in [-0.25, -0.2) is 13.6 Å². The number of hydrogen-bond acceptors (Lipinski definition) is 7. The lowest BCUT2D eigenvalue weighted by molar-refractivity contribution is 0.411. The molecule has 2 N–H and O–H groups in total. The zero-order chi connectivity index (χ0) is 21.7. The molecule has 0 heterocycles. The predicted molar refractivity (Wildman–Crippen MR) is 109 cm³/mol. The first-order chi connectivity index (χ1) is 14.3. The van der Waals surface area contributed by atoms with Crippen molar-refractivity contribution in [1.82, 2.24) is 0 Å². The molecule has 3 aromatic carbocycles. The van der Waals surface area contributed by atoms with Gasteiger partial charge in [0.2, 0.25) is 10.0 Å². The van der Waals surface area contributed by atoms with Gasteiger partial charge in [-0.05, 0) is 54.6 Å². The van der Waals surface area contributed by atoms with E-state index >= 15 is 0 Å². The minimum Gasteiger partial charge on any atom is -0.497 e. The van der Waals surface area contributed by atoms with Gasteiger partial charge in [-0.3, -0.25) is 0 Å². The highest BCUT2D eigenvalue weighted by atomic mass is 32.2. The van der Waals surface area contributed by atoms with Crippen molar-refractivity contribution < 1.29 is 27.4 Å². The lowest BCUT2D eigenvalue weighted by Gasteiger charge is -2.14. The first kappa shape index (κ1) is 21.0. The van der Waals surface area contributed by atoms with Crippen LogP contribution in [0.5, 0.6) is 34.5 Å². The smallest absolute Gasteiger partial charge is 0.241 e. The van der Waals surface area contributed by atoms with Gasteiger partial charge in [0.1, 0.15) is 39.7 Å². The average Bonchev–Trinajstić information content (AvgIpc) is 2.74. The van der Waals surface area contributed by atoms with Crippen molar-refractivity contribution in [1.29, 1.82) is 5.26 Å². The van der Waals surface area contributed by atoms with Crippen LogP contribution in [0.3, 0.4) is 0 Å². The van der Waals surface area contributed by atoms with Gasteiger partial charge in [0, 0.05) is 6.07 Å². The van der Waals surface area contributed by atoms with Crippen LogP contribution in [-0.2, 0) is 10.0 Å². The molecule has 0 spiro atoms. The summed E-state index contributed by atoms with van der Waals surface area (Å²) in [5, 5.41) is 14.8. The molecule has 3 aromatic rings. The van der Waals surface area contributed by atoms with E-state index in [1.807, 2.05) is 6.07 Å². The number of nitrogens with zero attached hydrogens (tertiary/aromatic N) is 1. The molecule has 0 radical (unpaired) electrons. The Morgan fingerprint density at radius 1 is 0.767 bits per heavy atom. The minimum atomic E-state index is -4.17. The molecule has 30 heavy (non-hydrogen) atoms. The molecule has 9 heteroatoms. The Bertz CT molecular complexity index is 1180. The fourth-order valence-corrected chi connectivity index (χ4v) is 3.22. The summed E-state index contributed by atoms with van der Waals surface area (Å²) in [6.07, 6.45) is 0. The lowest BCUT2D eigenvalue weighted by Crippen LogP contribution is -2.14. The predicted octanol–water partition coefficient (Wildman–Crippen LogP) is 3.81. The van der Waals surface area contributed by atoms with Gasteiger partial charge < -0.3 is 18.9 Å². The van der Waals surface area contributed by atoms with Crippen molar-refractivity contribution in [2.24, 2.45) is 5.14 Å². The van der Waals surface area contributed by atoms with Crippen LogP contribution in [0.15, 0.2) is 65.6 Å². The van der Waals surface area contributed by atoms with Gasteiger partial charge in [0.05, 0.1) is 19.8 Å². The molecule has 0 aliphatic heterocycles. The van der Waals surface area contributed by atoms with E-state index < -0.39 is 10.0 Å². The van der Waals surface area contributed by atoms with Crippen LogP contribution in [0.25, 0.3) is 0 Å². The second kappa shape index (κ2) is 8.73. The maximum Gasteiger partial charge on any atom is 0.241 e. The molecule has 0 aliphatic rings. The van der Waals surface area contributed by atoms with E-state index in [0.717, 1.165) is 6.07 Å². The quantitative estimate of drug-likeness (QED) is 0.610. The third-order valence-corrected chi connectivity index (χ3v) is 4.98. The highest BCUT2D eigenvalue weighted by Crippen LogP contribution is 2.37. The van der Waals surface area contributed by atoms with Crippen molar-refractivity contribution >= 4 is 10.0 Å². The van der Waals surface area contributed by atoms with Crippen LogP contribution < -0.4 is 24.1 Å². The summed E-state index contributed by atoms with van der Waals surface area (Å²) >= 11 is 0. The highest BCUT2D eigenvalue weighted by Gasteiger charge is 2.21. The number of ether oxygens (including phenoxy) is 4. The molecular weight excluding hydrogens is 408 g/mol. The molecule has 0 atom stereocenters. The Kier molecular flexibility index (Phi) is 6.11. The normalized spacial score (nSPS) is 10.7. The largest absolute Gasteiger partial charge is 0.497 e. The molecule has 0 bridgehead atoms. The van der Waals surface area contributed by atoms with E-state index in [9.17, 15) is 13.7 Å². The summed E-state index contributed by atoms with van der Waals surface area (Å²) in [7, 11) is -1.10. The van der Waals surface area contributed by atoms with Crippen LogP contribution in [0, 0.1) is 11.3 Å². The molecule has 0 amide bonds. The zero-order valence-electron chi connectivity index (χ0n) is 16.2. The zero-order valence-corrected chi connectivity index (χ0v) is 17.0. The number of methoxy groups -OCH3 is 2. The minimum absolute atomic E-state index is 0.0167. The number of primary sulfonamides is 1. The van der Waals surface area contributed by atoms with Crippen molar-refractivity contribution in [2.75, 3.05) is 14.2 Å². The summed E-state index contributed by atoms with van der Waals surface area (Å²) in [5.41, 5.74) is -0.0167. The molecular formula is C21H18N2O6S. The van der Waals surface area contributed by atoms with Crippen LogP contribution in [0.4, 0.5) is 0 Å².